The molecule has 0 aliphatic heterocycles. The van der Waals surface area contributed by atoms with E-state index in [9.17, 15) is 4.79 Å². The van der Waals surface area contributed by atoms with Crippen molar-refractivity contribution < 1.29 is 9.53 Å². The second kappa shape index (κ2) is 5.35. The van der Waals surface area contributed by atoms with Crippen molar-refractivity contribution in [1.82, 2.24) is 10.3 Å². The van der Waals surface area contributed by atoms with Crippen LogP contribution in [0.25, 0.3) is 0 Å². The monoisotopic (exact) mass is 249 g/mol. The molecule has 0 aromatic carbocycles. The molecule has 1 amide bonds. The molecule has 1 saturated carbocycles. The first kappa shape index (κ1) is 12.8. The molecule has 18 heavy (non-hydrogen) atoms. The number of rotatable bonds is 3. The molecule has 5 heteroatoms. The Kier molecular flexibility index (Phi) is 3.81. The van der Waals surface area contributed by atoms with Crippen molar-refractivity contribution in [1.29, 1.82) is 0 Å². The predicted molar refractivity (Wildman–Crippen MR) is 69.3 cm³/mol. The van der Waals surface area contributed by atoms with Gasteiger partial charge in [0.15, 0.2) is 0 Å². The molecule has 1 fully saturated rings. The summed E-state index contributed by atoms with van der Waals surface area (Å²) in [7, 11) is 1.71. The number of aryl methyl sites for hydroxylation is 1. The van der Waals surface area contributed by atoms with Crippen LogP contribution in [-0.4, -0.2) is 30.1 Å². The quantitative estimate of drug-likeness (QED) is 0.845. The number of methoxy groups -OCH3 is 1. The van der Waals surface area contributed by atoms with Crippen LogP contribution in [0.3, 0.4) is 0 Å². The first-order valence-corrected chi connectivity index (χ1v) is 6.16. The van der Waals surface area contributed by atoms with Crippen molar-refractivity contribution in [2.75, 3.05) is 12.8 Å². The number of nitrogens with one attached hydrogen (secondary N) is 1. The topological polar surface area (TPSA) is 77.2 Å². The van der Waals surface area contributed by atoms with E-state index in [2.05, 4.69) is 10.3 Å². The highest BCUT2D eigenvalue weighted by atomic mass is 16.5. The van der Waals surface area contributed by atoms with Gasteiger partial charge in [-0.25, -0.2) is 0 Å². The Bertz CT molecular complexity index is 448. The molecular formula is C13H19N3O2. The molecule has 0 bridgehead atoms. The Morgan fingerprint density at radius 3 is 2.94 bits per heavy atom. The Balaban J connectivity index is 2.00. The SMILES string of the molecule is COC1CCC(NC(=O)c2cnc(C)cc2N)C1. The highest BCUT2D eigenvalue weighted by Crippen LogP contribution is 2.22. The second-order valence-electron chi connectivity index (χ2n) is 4.75. The van der Waals surface area contributed by atoms with Crippen molar-refractivity contribution in [2.24, 2.45) is 0 Å². The zero-order valence-corrected chi connectivity index (χ0v) is 10.8. The summed E-state index contributed by atoms with van der Waals surface area (Å²) >= 11 is 0. The van der Waals surface area contributed by atoms with Crippen LogP contribution in [0, 0.1) is 6.92 Å². The average molecular weight is 249 g/mol. The maximum Gasteiger partial charge on any atom is 0.255 e. The number of carbonyl (C=O) groups is 1. The standard InChI is InChI=1S/C13H19N3O2/c1-8-5-12(14)11(7-15-8)13(17)16-9-3-4-10(6-9)18-2/h5,7,9-10H,3-4,6H2,1-2H3,(H2,14,15)(H,16,17). The van der Waals surface area contributed by atoms with Crippen LogP contribution in [0.2, 0.25) is 0 Å². The first-order valence-electron chi connectivity index (χ1n) is 6.16. The molecule has 2 atom stereocenters. The lowest BCUT2D eigenvalue weighted by Crippen LogP contribution is -2.34. The van der Waals surface area contributed by atoms with Crippen molar-refractivity contribution in [2.45, 2.75) is 38.3 Å². The second-order valence-corrected chi connectivity index (χ2v) is 4.75. The van der Waals surface area contributed by atoms with Gasteiger partial charge in [0.25, 0.3) is 5.91 Å². The number of amides is 1. The van der Waals surface area contributed by atoms with E-state index in [0.29, 0.717) is 11.3 Å². The summed E-state index contributed by atoms with van der Waals surface area (Å²) in [5.74, 6) is -0.151. The molecule has 0 saturated heterocycles. The third-order valence-corrected chi connectivity index (χ3v) is 3.37. The Morgan fingerprint density at radius 2 is 2.33 bits per heavy atom. The maximum absolute atomic E-state index is 12.1. The van der Waals surface area contributed by atoms with Crippen LogP contribution < -0.4 is 11.1 Å². The van der Waals surface area contributed by atoms with Gasteiger partial charge < -0.3 is 15.8 Å². The van der Waals surface area contributed by atoms with E-state index in [4.69, 9.17) is 10.5 Å². The minimum Gasteiger partial charge on any atom is -0.398 e. The van der Waals surface area contributed by atoms with Gasteiger partial charge in [-0.15, -0.1) is 0 Å². The zero-order valence-electron chi connectivity index (χ0n) is 10.8. The first-order chi connectivity index (χ1) is 8.60. The van der Waals surface area contributed by atoms with Gasteiger partial charge in [-0.1, -0.05) is 0 Å². The fourth-order valence-corrected chi connectivity index (χ4v) is 2.32. The lowest BCUT2D eigenvalue weighted by Gasteiger charge is -2.13. The van der Waals surface area contributed by atoms with E-state index >= 15 is 0 Å². The zero-order chi connectivity index (χ0) is 13.1. The van der Waals surface area contributed by atoms with Gasteiger partial charge in [0, 0.05) is 30.7 Å². The van der Waals surface area contributed by atoms with Crippen LogP contribution >= 0.6 is 0 Å². The van der Waals surface area contributed by atoms with Crippen LogP contribution in [0.15, 0.2) is 12.3 Å². The molecule has 0 radical (unpaired) electrons. The number of carbonyl (C=O) groups excluding carboxylic acids is 1. The normalized spacial score (nSPS) is 23.0. The van der Waals surface area contributed by atoms with Gasteiger partial charge >= 0.3 is 0 Å². The number of aromatic nitrogens is 1. The van der Waals surface area contributed by atoms with Crippen molar-refractivity contribution in [3.63, 3.8) is 0 Å². The molecule has 1 heterocycles. The van der Waals surface area contributed by atoms with Gasteiger partial charge in [0.1, 0.15) is 0 Å². The Hall–Kier alpha value is -1.62. The van der Waals surface area contributed by atoms with E-state index in [-0.39, 0.29) is 18.1 Å². The maximum atomic E-state index is 12.1. The summed E-state index contributed by atoms with van der Waals surface area (Å²) < 4.78 is 5.28. The van der Waals surface area contributed by atoms with Crippen molar-refractivity contribution in [3.8, 4) is 0 Å². The van der Waals surface area contributed by atoms with E-state index in [1.165, 1.54) is 6.20 Å². The van der Waals surface area contributed by atoms with Gasteiger partial charge in [0.05, 0.1) is 11.7 Å². The number of ether oxygens (including phenoxy) is 1. The molecule has 2 unspecified atom stereocenters. The predicted octanol–water partition coefficient (Wildman–Crippen LogP) is 1.27. The lowest BCUT2D eigenvalue weighted by atomic mass is 10.1. The fraction of sp³-hybridized carbons (Fsp3) is 0.538. The molecule has 98 valence electrons. The van der Waals surface area contributed by atoms with Crippen molar-refractivity contribution in [3.05, 3.63) is 23.5 Å². The fourth-order valence-electron chi connectivity index (χ4n) is 2.32. The average Bonchev–Trinajstić information content (AvgIpc) is 2.76. The number of hydrogen-bond donors (Lipinski definition) is 2. The smallest absolute Gasteiger partial charge is 0.255 e. The van der Waals surface area contributed by atoms with E-state index in [0.717, 1.165) is 25.0 Å². The molecular weight excluding hydrogens is 230 g/mol. The van der Waals surface area contributed by atoms with E-state index in [1.807, 2.05) is 6.92 Å². The molecule has 1 aliphatic carbocycles. The number of anilines is 1. The summed E-state index contributed by atoms with van der Waals surface area (Å²) in [6.07, 6.45) is 4.58. The van der Waals surface area contributed by atoms with E-state index < -0.39 is 0 Å². The highest BCUT2D eigenvalue weighted by Gasteiger charge is 2.26. The molecule has 1 aromatic heterocycles. The van der Waals surface area contributed by atoms with Crippen LogP contribution in [0.1, 0.15) is 35.3 Å². The van der Waals surface area contributed by atoms with Crippen LogP contribution in [0.5, 0.6) is 0 Å². The van der Waals surface area contributed by atoms with Crippen LogP contribution in [0.4, 0.5) is 5.69 Å². The summed E-state index contributed by atoms with van der Waals surface area (Å²) in [5, 5.41) is 2.98. The highest BCUT2D eigenvalue weighted by molar-refractivity contribution is 5.99. The minimum absolute atomic E-state index is 0.151. The van der Waals surface area contributed by atoms with Gasteiger partial charge in [0.2, 0.25) is 0 Å². The molecule has 1 aromatic rings. The molecule has 2 rings (SSSR count). The summed E-state index contributed by atoms with van der Waals surface area (Å²) in [4.78, 5) is 16.2. The third kappa shape index (κ3) is 2.79. The number of nitrogens with two attached hydrogens (primary N) is 1. The summed E-state index contributed by atoms with van der Waals surface area (Å²) in [5.41, 5.74) is 7.55. The number of pyridine rings is 1. The Labute approximate surface area is 107 Å². The molecule has 0 spiro atoms. The van der Waals surface area contributed by atoms with E-state index in [1.54, 1.807) is 13.2 Å². The Morgan fingerprint density at radius 1 is 1.56 bits per heavy atom. The van der Waals surface area contributed by atoms with Gasteiger partial charge in [-0.2, -0.15) is 0 Å². The molecule has 1 aliphatic rings. The minimum atomic E-state index is -0.151. The molecule has 5 nitrogen and oxygen atoms in total. The number of hydrogen-bond acceptors (Lipinski definition) is 4. The third-order valence-electron chi connectivity index (χ3n) is 3.37. The number of nitrogens with zero attached hydrogens (tertiary/aromatic N) is 1. The summed E-state index contributed by atoms with van der Waals surface area (Å²) in [6.45, 7) is 1.85. The van der Waals surface area contributed by atoms with Gasteiger partial charge in [-0.05, 0) is 32.3 Å². The molecule has 3 N–H and O–H groups in total. The summed E-state index contributed by atoms with van der Waals surface area (Å²) in [6, 6.07) is 1.88. The number of nitrogen functional groups attached to an aromatic ring is 1. The van der Waals surface area contributed by atoms with Gasteiger partial charge in [-0.3, -0.25) is 9.78 Å². The van der Waals surface area contributed by atoms with Crippen LogP contribution in [-0.2, 0) is 4.74 Å². The lowest BCUT2D eigenvalue weighted by molar-refractivity contribution is 0.0915. The van der Waals surface area contributed by atoms with Crippen molar-refractivity contribution >= 4 is 11.6 Å². The largest absolute Gasteiger partial charge is 0.398 e.